The molecule has 1 aromatic heterocycles. The Hall–Kier alpha value is -1.81. The normalized spacial score (nSPS) is 18.1. The van der Waals surface area contributed by atoms with Crippen LogP contribution >= 0.6 is 0 Å². The maximum absolute atomic E-state index is 11.1. The summed E-state index contributed by atoms with van der Waals surface area (Å²) in [6, 6.07) is 8.64. The lowest BCUT2D eigenvalue weighted by atomic mass is 10.0. The summed E-state index contributed by atoms with van der Waals surface area (Å²) in [5.74, 6) is -0.752. The van der Waals surface area contributed by atoms with E-state index in [0.29, 0.717) is 6.04 Å². The maximum Gasteiger partial charge on any atom is 0.307 e. The van der Waals surface area contributed by atoms with Crippen LogP contribution in [0.2, 0.25) is 0 Å². The van der Waals surface area contributed by atoms with Crippen LogP contribution in [-0.4, -0.2) is 28.2 Å². The lowest BCUT2D eigenvalue weighted by molar-refractivity contribution is -0.136. The van der Waals surface area contributed by atoms with Gasteiger partial charge in [0, 0.05) is 29.2 Å². The highest BCUT2D eigenvalue weighted by molar-refractivity contribution is 5.89. The number of hydrogen-bond donors (Lipinski definition) is 2. The van der Waals surface area contributed by atoms with Crippen molar-refractivity contribution in [1.82, 2.24) is 9.88 Å². The number of carboxylic acids is 1. The van der Waals surface area contributed by atoms with E-state index in [1.807, 2.05) is 18.2 Å². The first-order valence-corrected chi connectivity index (χ1v) is 7.25. The van der Waals surface area contributed by atoms with E-state index in [4.69, 9.17) is 5.11 Å². The number of aliphatic carboxylic acids is 1. The molecule has 0 aliphatic carbocycles. The highest BCUT2D eigenvalue weighted by Crippen LogP contribution is 2.31. The number of hydrogen-bond acceptors (Lipinski definition) is 2. The molecule has 0 saturated carbocycles. The van der Waals surface area contributed by atoms with Gasteiger partial charge in [-0.2, -0.15) is 0 Å². The maximum atomic E-state index is 11.1. The zero-order chi connectivity index (χ0) is 14.1. The largest absolute Gasteiger partial charge is 0.481 e. The highest BCUT2D eigenvalue weighted by Gasteiger charge is 2.24. The molecule has 1 aromatic carbocycles. The van der Waals surface area contributed by atoms with Crippen LogP contribution in [0.3, 0.4) is 0 Å². The number of likely N-dealkylation sites (N-methyl/N-ethyl adjacent to an activating group) is 1. The van der Waals surface area contributed by atoms with Gasteiger partial charge in [-0.15, -0.1) is 0 Å². The first-order chi connectivity index (χ1) is 9.70. The summed E-state index contributed by atoms with van der Waals surface area (Å²) >= 11 is 0. The van der Waals surface area contributed by atoms with Crippen molar-refractivity contribution >= 4 is 16.9 Å². The molecule has 0 radical (unpaired) electrons. The molecule has 2 N–H and O–H groups in total. The van der Waals surface area contributed by atoms with Crippen molar-refractivity contribution < 1.29 is 9.90 Å². The zero-order valence-corrected chi connectivity index (χ0v) is 11.7. The number of rotatable bonds is 4. The minimum absolute atomic E-state index is 0.120. The molecule has 106 valence electrons. The van der Waals surface area contributed by atoms with Crippen molar-refractivity contribution in [3.8, 4) is 0 Å². The average molecular weight is 272 g/mol. The van der Waals surface area contributed by atoms with Gasteiger partial charge in [-0.25, -0.2) is 0 Å². The minimum atomic E-state index is -0.752. The Morgan fingerprint density at radius 1 is 1.45 bits per heavy atom. The molecule has 1 aliphatic rings. The Bertz CT molecular complexity index is 645. The van der Waals surface area contributed by atoms with Crippen LogP contribution in [0.15, 0.2) is 24.3 Å². The molecule has 1 atom stereocenters. The van der Waals surface area contributed by atoms with Crippen molar-refractivity contribution in [2.75, 3.05) is 6.54 Å². The second-order valence-corrected chi connectivity index (χ2v) is 5.42. The second kappa shape index (κ2) is 5.29. The van der Waals surface area contributed by atoms with Crippen LogP contribution in [0.4, 0.5) is 0 Å². The van der Waals surface area contributed by atoms with E-state index in [1.54, 1.807) is 0 Å². The van der Waals surface area contributed by atoms with Crippen molar-refractivity contribution in [3.05, 3.63) is 35.5 Å². The Morgan fingerprint density at radius 2 is 2.25 bits per heavy atom. The number of fused-ring (bicyclic) bond motifs is 3. The van der Waals surface area contributed by atoms with Crippen molar-refractivity contribution in [3.63, 3.8) is 0 Å². The number of aromatic nitrogens is 1. The van der Waals surface area contributed by atoms with Gasteiger partial charge >= 0.3 is 5.97 Å². The average Bonchev–Trinajstić information content (AvgIpc) is 2.73. The monoisotopic (exact) mass is 272 g/mol. The quantitative estimate of drug-likeness (QED) is 0.897. The molecule has 4 nitrogen and oxygen atoms in total. The van der Waals surface area contributed by atoms with Crippen LogP contribution in [0.5, 0.6) is 0 Å². The summed E-state index contributed by atoms with van der Waals surface area (Å²) in [7, 11) is 0. The van der Waals surface area contributed by atoms with E-state index in [2.05, 4.69) is 22.9 Å². The fourth-order valence-electron chi connectivity index (χ4n) is 3.35. The predicted octanol–water partition coefficient (Wildman–Crippen LogP) is 2.19. The Kier molecular flexibility index (Phi) is 3.49. The number of nitrogens with zero attached hydrogens (tertiary/aromatic N) is 1. The van der Waals surface area contributed by atoms with E-state index in [0.717, 1.165) is 36.9 Å². The molecule has 0 unspecified atom stereocenters. The van der Waals surface area contributed by atoms with Gasteiger partial charge in [0.25, 0.3) is 0 Å². The van der Waals surface area contributed by atoms with Gasteiger partial charge in [-0.3, -0.25) is 4.79 Å². The van der Waals surface area contributed by atoms with E-state index in [-0.39, 0.29) is 6.42 Å². The molecule has 0 fully saturated rings. The smallest absolute Gasteiger partial charge is 0.307 e. The van der Waals surface area contributed by atoms with Crippen LogP contribution in [-0.2, 0) is 24.2 Å². The third kappa shape index (κ3) is 2.20. The summed E-state index contributed by atoms with van der Waals surface area (Å²) in [6.07, 6.45) is 2.15. The Balaban J connectivity index is 2.09. The van der Waals surface area contributed by atoms with E-state index < -0.39 is 5.97 Å². The lowest BCUT2D eigenvalue weighted by Crippen LogP contribution is -2.37. The molecule has 0 bridgehead atoms. The van der Waals surface area contributed by atoms with Gasteiger partial charge < -0.3 is 15.0 Å². The Morgan fingerprint density at radius 3 is 3.00 bits per heavy atom. The molecule has 0 saturated heterocycles. The SMILES string of the molecule is CCN[C@@H]1CCc2c(CC(=O)O)c3ccccc3n2C1. The van der Waals surface area contributed by atoms with Crippen LogP contribution in [0.25, 0.3) is 10.9 Å². The molecular weight excluding hydrogens is 252 g/mol. The second-order valence-electron chi connectivity index (χ2n) is 5.42. The molecule has 3 rings (SSSR count). The third-order valence-electron chi connectivity index (χ3n) is 4.15. The minimum Gasteiger partial charge on any atom is -0.481 e. The number of benzene rings is 1. The first-order valence-electron chi connectivity index (χ1n) is 7.25. The lowest BCUT2D eigenvalue weighted by Gasteiger charge is -2.26. The van der Waals surface area contributed by atoms with Gasteiger partial charge in [0.2, 0.25) is 0 Å². The van der Waals surface area contributed by atoms with Crippen LogP contribution in [0.1, 0.15) is 24.6 Å². The van der Waals surface area contributed by atoms with E-state index in [1.165, 1.54) is 11.2 Å². The summed E-state index contributed by atoms with van der Waals surface area (Å²) in [6.45, 7) is 4.03. The number of carboxylic acid groups (broad SMARTS) is 1. The van der Waals surface area contributed by atoms with Crippen molar-refractivity contribution in [2.24, 2.45) is 0 Å². The molecule has 0 amide bonds. The summed E-state index contributed by atoms with van der Waals surface area (Å²) in [5, 5.41) is 13.8. The topological polar surface area (TPSA) is 54.3 Å². The molecule has 20 heavy (non-hydrogen) atoms. The van der Waals surface area contributed by atoms with E-state index >= 15 is 0 Å². The van der Waals surface area contributed by atoms with Gasteiger partial charge in [0.1, 0.15) is 0 Å². The van der Waals surface area contributed by atoms with Gasteiger partial charge in [-0.05, 0) is 31.0 Å². The van der Waals surface area contributed by atoms with Gasteiger partial charge in [0.05, 0.1) is 6.42 Å². The van der Waals surface area contributed by atoms with Crippen LogP contribution < -0.4 is 5.32 Å². The molecular formula is C16H20N2O2. The Labute approximate surface area is 118 Å². The highest BCUT2D eigenvalue weighted by atomic mass is 16.4. The fraction of sp³-hybridized carbons (Fsp3) is 0.438. The molecule has 2 heterocycles. The number of carbonyl (C=O) groups is 1. The van der Waals surface area contributed by atoms with Gasteiger partial charge in [0.15, 0.2) is 0 Å². The van der Waals surface area contributed by atoms with Gasteiger partial charge in [-0.1, -0.05) is 25.1 Å². The first kappa shape index (κ1) is 13.2. The molecule has 0 spiro atoms. The number of para-hydroxylation sites is 1. The number of nitrogens with one attached hydrogen (secondary N) is 1. The zero-order valence-electron chi connectivity index (χ0n) is 11.7. The predicted molar refractivity (Wildman–Crippen MR) is 79.1 cm³/mol. The summed E-state index contributed by atoms with van der Waals surface area (Å²) < 4.78 is 2.31. The summed E-state index contributed by atoms with van der Waals surface area (Å²) in [4.78, 5) is 11.1. The molecule has 4 heteroatoms. The van der Waals surface area contributed by atoms with Crippen molar-refractivity contribution in [1.29, 1.82) is 0 Å². The summed E-state index contributed by atoms with van der Waals surface area (Å²) in [5.41, 5.74) is 3.38. The molecule has 1 aliphatic heterocycles. The third-order valence-corrected chi connectivity index (χ3v) is 4.15. The standard InChI is InChI=1S/C16H20N2O2/c1-2-17-11-7-8-15-13(9-16(19)20)12-5-3-4-6-14(12)18(15)10-11/h3-6,11,17H,2,7-10H2,1H3,(H,19,20)/t11-/m1/s1. The van der Waals surface area contributed by atoms with E-state index in [9.17, 15) is 4.79 Å². The molecule has 2 aromatic rings. The fourth-order valence-corrected chi connectivity index (χ4v) is 3.35. The van der Waals surface area contributed by atoms with Crippen LogP contribution in [0, 0.1) is 0 Å². The van der Waals surface area contributed by atoms with Crippen molar-refractivity contribution in [2.45, 2.75) is 38.8 Å².